The van der Waals surface area contributed by atoms with E-state index in [1.54, 1.807) is 24.3 Å². The average Bonchev–Trinajstić information content (AvgIpc) is 2.86. The molecule has 2 heterocycles. The third-order valence-corrected chi connectivity index (χ3v) is 6.81. The van der Waals surface area contributed by atoms with E-state index in [-0.39, 0.29) is 29.7 Å². The molecule has 1 saturated heterocycles. The summed E-state index contributed by atoms with van der Waals surface area (Å²) in [6.45, 7) is 4.50. The highest BCUT2D eigenvalue weighted by molar-refractivity contribution is 5.97. The molecule has 0 amide bonds. The Kier molecular flexibility index (Phi) is 6.53. The third-order valence-electron chi connectivity index (χ3n) is 6.81. The molecule has 1 fully saturated rings. The van der Waals surface area contributed by atoms with Gasteiger partial charge in [-0.1, -0.05) is 24.3 Å². The quantitative estimate of drug-likeness (QED) is 0.471. The van der Waals surface area contributed by atoms with Gasteiger partial charge in [0.05, 0.1) is 6.67 Å². The molecule has 2 N–H and O–H groups in total. The minimum Gasteiger partial charge on any atom is -0.508 e. The maximum atomic E-state index is 12.6. The lowest BCUT2D eigenvalue weighted by molar-refractivity contribution is 0.0668. The number of hydrogen-bond donors (Lipinski definition) is 2. The lowest BCUT2D eigenvalue weighted by atomic mass is 9.84. The molecule has 0 bridgehead atoms. The topological polar surface area (TPSA) is 86.0 Å². The Bertz CT molecular complexity index is 1340. The van der Waals surface area contributed by atoms with Crippen molar-refractivity contribution in [1.82, 2.24) is 4.90 Å². The number of fused-ring (bicyclic) bond motifs is 1. The van der Waals surface area contributed by atoms with E-state index in [0.29, 0.717) is 17.9 Å². The summed E-state index contributed by atoms with van der Waals surface area (Å²) in [7, 11) is 0. The Labute approximate surface area is 209 Å². The van der Waals surface area contributed by atoms with Gasteiger partial charge < -0.3 is 19.7 Å². The van der Waals surface area contributed by atoms with E-state index < -0.39 is 6.10 Å². The summed E-state index contributed by atoms with van der Waals surface area (Å²) in [4.78, 5) is 2.17. The first-order chi connectivity index (χ1) is 17.5. The maximum Gasteiger partial charge on any atom is 0.150 e. The molecule has 1 unspecified atom stereocenters. The van der Waals surface area contributed by atoms with Crippen molar-refractivity contribution in [3.63, 3.8) is 0 Å². The van der Waals surface area contributed by atoms with Crippen LogP contribution in [0.5, 0.6) is 23.0 Å². The summed E-state index contributed by atoms with van der Waals surface area (Å²) < 4.78 is 24.9. The Morgan fingerprint density at radius 2 is 1.89 bits per heavy atom. The number of nitrogens with zero attached hydrogens (tertiary/aromatic N) is 2. The average molecular weight is 487 g/mol. The fourth-order valence-corrected chi connectivity index (χ4v) is 4.94. The van der Waals surface area contributed by atoms with Gasteiger partial charge in [-0.2, -0.15) is 5.26 Å². The zero-order valence-corrected chi connectivity index (χ0v) is 19.9. The Morgan fingerprint density at radius 3 is 2.58 bits per heavy atom. The van der Waals surface area contributed by atoms with Crippen molar-refractivity contribution in [2.75, 3.05) is 32.9 Å². The number of phenols is 2. The fourth-order valence-electron chi connectivity index (χ4n) is 4.94. The molecule has 3 aromatic rings. The number of nitriles is 1. The molecule has 1 atom stereocenters. The molecule has 2 aliphatic heterocycles. The number of aromatic hydroxyl groups is 2. The summed E-state index contributed by atoms with van der Waals surface area (Å²) in [6.07, 6.45) is -0.497. The van der Waals surface area contributed by atoms with Crippen LogP contribution < -0.4 is 9.47 Å². The van der Waals surface area contributed by atoms with Gasteiger partial charge in [0.25, 0.3) is 0 Å². The van der Waals surface area contributed by atoms with Crippen LogP contribution in [0.1, 0.15) is 35.3 Å². The first kappa shape index (κ1) is 23.7. The number of rotatable bonds is 7. The molecule has 0 saturated carbocycles. The molecular weight excluding hydrogens is 459 g/mol. The van der Waals surface area contributed by atoms with Crippen molar-refractivity contribution in [1.29, 1.82) is 5.26 Å². The normalized spacial score (nSPS) is 17.6. The highest BCUT2D eigenvalue weighted by atomic mass is 19.1. The molecular formula is C29H27FN2O4. The highest BCUT2D eigenvalue weighted by Crippen LogP contribution is 2.49. The minimum absolute atomic E-state index is 0.104. The van der Waals surface area contributed by atoms with Crippen molar-refractivity contribution in [3.8, 4) is 29.1 Å². The largest absolute Gasteiger partial charge is 0.508 e. The minimum atomic E-state index is -0.497. The van der Waals surface area contributed by atoms with Crippen LogP contribution in [0.4, 0.5) is 4.39 Å². The van der Waals surface area contributed by atoms with Crippen LogP contribution >= 0.6 is 0 Å². The van der Waals surface area contributed by atoms with Crippen molar-refractivity contribution in [3.05, 3.63) is 82.9 Å². The first-order valence-corrected chi connectivity index (χ1v) is 11.9. The second kappa shape index (κ2) is 9.92. The number of halogens is 1. The van der Waals surface area contributed by atoms with Crippen molar-refractivity contribution >= 4 is 11.1 Å². The second-order valence-electron chi connectivity index (χ2n) is 9.23. The van der Waals surface area contributed by atoms with Gasteiger partial charge in [-0.3, -0.25) is 9.29 Å². The van der Waals surface area contributed by atoms with E-state index in [4.69, 9.17) is 9.47 Å². The molecule has 2 aliphatic rings. The first-order valence-electron chi connectivity index (χ1n) is 11.9. The van der Waals surface area contributed by atoms with Crippen LogP contribution in [0, 0.1) is 17.2 Å². The molecule has 0 spiro atoms. The van der Waals surface area contributed by atoms with E-state index in [0.717, 1.165) is 47.7 Å². The number of hydrogen-bond acceptors (Lipinski definition) is 6. The van der Waals surface area contributed by atoms with Crippen LogP contribution in [-0.4, -0.2) is 48.0 Å². The summed E-state index contributed by atoms with van der Waals surface area (Å²) in [5, 5.41) is 30.1. The van der Waals surface area contributed by atoms with E-state index >= 15 is 0 Å². The fraction of sp³-hybridized carbons (Fsp3) is 0.276. The van der Waals surface area contributed by atoms with Crippen LogP contribution in [0.2, 0.25) is 0 Å². The van der Waals surface area contributed by atoms with Crippen LogP contribution in [0.3, 0.4) is 0 Å². The predicted octanol–water partition coefficient (Wildman–Crippen LogP) is 5.31. The lowest BCUT2D eigenvalue weighted by Crippen LogP contribution is -2.49. The third kappa shape index (κ3) is 4.48. The van der Waals surface area contributed by atoms with Gasteiger partial charge in [0.1, 0.15) is 47.3 Å². The zero-order chi connectivity index (χ0) is 25.2. The standard InChI is InChI=1S/C29H27FN2O4/c1-18-27(21-3-2-4-22(33)13-21)29(36-26-10-9-25(34)24(15-31)28(18)26)20-5-7-23(8-6-20)35-12-11-32-16-19(14-30)17-32/h2-10,13,19,29,33-34H,11-12,14,16-17H2,1H3. The smallest absolute Gasteiger partial charge is 0.150 e. The second-order valence-corrected chi connectivity index (χ2v) is 9.23. The molecule has 7 heteroatoms. The predicted molar refractivity (Wildman–Crippen MR) is 135 cm³/mol. The Morgan fingerprint density at radius 1 is 1.11 bits per heavy atom. The summed E-state index contributed by atoms with van der Waals surface area (Å²) in [6, 6.07) is 19.8. The summed E-state index contributed by atoms with van der Waals surface area (Å²) >= 11 is 0. The molecule has 36 heavy (non-hydrogen) atoms. The van der Waals surface area contributed by atoms with Crippen LogP contribution in [0.25, 0.3) is 11.1 Å². The zero-order valence-electron chi connectivity index (χ0n) is 19.9. The molecule has 184 valence electrons. The molecule has 0 radical (unpaired) electrons. The van der Waals surface area contributed by atoms with Crippen molar-refractivity contribution in [2.24, 2.45) is 5.92 Å². The number of ether oxygens (including phenoxy) is 2. The number of likely N-dealkylation sites (tertiary alicyclic amines) is 1. The van der Waals surface area contributed by atoms with E-state index in [2.05, 4.69) is 11.0 Å². The van der Waals surface area contributed by atoms with Crippen LogP contribution in [-0.2, 0) is 0 Å². The Balaban J connectivity index is 1.43. The number of alkyl halides is 1. The molecule has 0 aromatic heterocycles. The SMILES string of the molecule is CC1=C(c2cccc(O)c2)C(c2ccc(OCCN3CC(CF)C3)cc2)Oc2ccc(O)c(C#N)c21. The highest BCUT2D eigenvalue weighted by Gasteiger charge is 2.32. The monoisotopic (exact) mass is 486 g/mol. The van der Waals surface area contributed by atoms with Gasteiger partial charge in [-0.25, -0.2) is 0 Å². The van der Waals surface area contributed by atoms with E-state index in [9.17, 15) is 19.9 Å². The summed E-state index contributed by atoms with van der Waals surface area (Å²) in [5.41, 5.74) is 3.94. The molecule has 6 nitrogen and oxygen atoms in total. The number of phenolic OH excluding ortho intramolecular Hbond substituents is 2. The van der Waals surface area contributed by atoms with E-state index in [1.165, 1.54) is 6.07 Å². The van der Waals surface area contributed by atoms with Gasteiger partial charge in [-0.05, 0) is 60.0 Å². The number of allylic oxidation sites excluding steroid dienone is 1. The van der Waals surface area contributed by atoms with E-state index in [1.807, 2.05) is 37.3 Å². The molecule has 0 aliphatic carbocycles. The van der Waals surface area contributed by atoms with Gasteiger partial charge in [0.15, 0.2) is 0 Å². The van der Waals surface area contributed by atoms with Crippen LogP contribution in [0.15, 0.2) is 60.7 Å². The van der Waals surface area contributed by atoms with Gasteiger partial charge in [-0.15, -0.1) is 0 Å². The Hall–Kier alpha value is -4.02. The summed E-state index contributed by atoms with van der Waals surface area (Å²) in [5.74, 6) is 1.42. The maximum absolute atomic E-state index is 12.6. The van der Waals surface area contributed by atoms with Gasteiger partial charge >= 0.3 is 0 Å². The van der Waals surface area contributed by atoms with Crippen molar-refractivity contribution < 1.29 is 24.1 Å². The molecule has 3 aromatic carbocycles. The lowest BCUT2D eigenvalue weighted by Gasteiger charge is -2.37. The molecule has 5 rings (SSSR count). The van der Waals surface area contributed by atoms with Crippen molar-refractivity contribution in [2.45, 2.75) is 13.0 Å². The van der Waals surface area contributed by atoms with Gasteiger partial charge in [0, 0.05) is 36.7 Å². The number of benzene rings is 3. The van der Waals surface area contributed by atoms with Gasteiger partial charge in [0.2, 0.25) is 0 Å².